The van der Waals surface area contributed by atoms with Gasteiger partial charge in [0.2, 0.25) is 5.90 Å². The molecule has 0 saturated carbocycles. The Balaban J connectivity index is 1.79. The first-order valence-electron chi connectivity index (χ1n) is 6.59. The van der Waals surface area contributed by atoms with E-state index >= 15 is 0 Å². The average molecular weight is 293 g/mol. The molecular weight excluding hydrogens is 285 g/mol. The summed E-state index contributed by atoms with van der Waals surface area (Å²) in [6, 6.07) is 9.27. The summed E-state index contributed by atoms with van der Waals surface area (Å²) in [7, 11) is 0. The van der Waals surface area contributed by atoms with Crippen LogP contribution in [0.5, 0.6) is 0 Å². The lowest BCUT2D eigenvalue weighted by atomic mass is 10.1. The van der Waals surface area contributed by atoms with Crippen LogP contribution >= 0.6 is 0 Å². The number of ether oxygens (including phenoxy) is 1. The smallest absolute Gasteiger partial charge is 0.337 e. The van der Waals surface area contributed by atoms with Crippen LogP contribution in [0.4, 0.5) is 10.1 Å². The largest absolute Gasteiger partial charge is 0.404 e. The number of aliphatic imine (C=N–C) groups is 1. The number of rotatable bonds is 1. The summed E-state index contributed by atoms with van der Waals surface area (Å²) >= 11 is 0. The van der Waals surface area contributed by atoms with E-state index in [2.05, 4.69) is 4.99 Å². The molecule has 0 unspecified atom stereocenters. The summed E-state index contributed by atoms with van der Waals surface area (Å²) in [4.78, 5) is 27.5. The monoisotopic (exact) mass is 293 g/mol. The minimum atomic E-state index is -0.473. The Hall–Kier alpha value is -3.08. The first-order chi connectivity index (χ1) is 10.6. The standard InChI is InChI=1S/C17H8FNO3/c18-9-1-3-11-12-4-2-10(19-15-5-6-16(20)22-15)8-14(12)17(21)13(11)7-9/h1-8H. The number of hydrogen-bond donors (Lipinski definition) is 0. The van der Waals surface area contributed by atoms with Crippen LogP contribution in [-0.4, -0.2) is 17.7 Å². The van der Waals surface area contributed by atoms with Gasteiger partial charge in [-0.3, -0.25) is 4.79 Å². The van der Waals surface area contributed by atoms with Gasteiger partial charge in [-0.15, -0.1) is 0 Å². The van der Waals surface area contributed by atoms with Gasteiger partial charge in [0, 0.05) is 23.3 Å². The van der Waals surface area contributed by atoms with Gasteiger partial charge in [0.1, 0.15) is 5.82 Å². The molecule has 2 aromatic rings. The number of cyclic esters (lactones) is 1. The number of halogens is 1. The maximum Gasteiger partial charge on any atom is 0.337 e. The third-order valence-corrected chi connectivity index (χ3v) is 3.57. The molecule has 0 aromatic heterocycles. The van der Waals surface area contributed by atoms with E-state index in [4.69, 9.17) is 4.74 Å². The maximum atomic E-state index is 13.3. The van der Waals surface area contributed by atoms with Crippen molar-refractivity contribution in [2.75, 3.05) is 0 Å². The topological polar surface area (TPSA) is 55.7 Å². The van der Waals surface area contributed by atoms with Gasteiger partial charge < -0.3 is 4.74 Å². The Labute approximate surface area is 124 Å². The van der Waals surface area contributed by atoms with Gasteiger partial charge in [-0.05, 0) is 35.4 Å². The number of carbonyl (C=O) groups is 2. The van der Waals surface area contributed by atoms with Gasteiger partial charge >= 0.3 is 5.97 Å². The third-order valence-electron chi connectivity index (χ3n) is 3.57. The van der Waals surface area contributed by atoms with Crippen LogP contribution in [0.25, 0.3) is 11.1 Å². The molecule has 0 N–H and O–H groups in total. The van der Waals surface area contributed by atoms with Crippen LogP contribution < -0.4 is 0 Å². The molecule has 0 amide bonds. The van der Waals surface area contributed by atoms with Gasteiger partial charge in [-0.2, -0.15) is 0 Å². The fourth-order valence-corrected chi connectivity index (χ4v) is 2.61. The van der Waals surface area contributed by atoms with Gasteiger partial charge in [-0.1, -0.05) is 12.1 Å². The lowest BCUT2D eigenvalue weighted by Gasteiger charge is -2.01. The van der Waals surface area contributed by atoms with Crippen LogP contribution in [0.3, 0.4) is 0 Å². The van der Waals surface area contributed by atoms with Crippen molar-refractivity contribution in [3.63, 3.8) is 0 Å². The first kappa shape index (κ1) is 12.6. The SMILES string of the molecule is O=C1C=CC(=Nc2ccc3c(c2)C(=O)c2cc(F)ccc2-3)O1. The van der Waals surface area contributed by atoms with E-state index < -0.39 is 11.8 Å². The van der Waals surface area contributed by atoms with E-state index in [-0.39, 0.29) is 11.7 Å². The summed E-state index contributed by atoms with van der Waals surface area (Å²) in [6.07, 6.45) is 2.73. The summed E-state index contributed by atoms with van der Waals surface area (Å²) in [5.41, 5.74) is 2.79. The van der Waals surface area contributed by atoms with E-state index in [0.29, 0.717) is 22.4 Å². The molecule has 2 aliphatic rings. The van der Waals surface area contributed by atoms with Gasteiger partial charge in [0.05, 0.1) is 5.69 Å². The molecule has 0 fully saturated rings. The third kappa shape index (κ3) is 1.87. The van der Waals surface area contributed by atoms with E-state index in [1.165, 1.54) is 24.3 Å². The molecule has 2 aromatic carbocycles. The van der Waals surface area contributed by atoms with Crippen molar-refractivity contribution in [3.8, 4) is 11.1 Å². The predicted molar refractivity (Wildman–Crippen MR) is 77.6 cm³/mol. The number of esters is 1. The molecule has 4 nitrogen and oxygen atoms in total. The molecule has 0 radical (unpaired) electrons. The Morgan fingerprint density at radius 3 is 2.32 bits per heavy atom. The maximum absolute atomic E-state index is 13.3. The van der Waals surface area contributed by atoms with Gasteiger partial charge in [0.25, 0.3) is 0 Å². The molecule has 5 heteroatoms. The van der Waals surface area contributed by atoms with Crippen molar-refractivity contribution in [2.45, 2.75) is 0 Å². The van der Waals surface area contributed by atoms with Crippen LogP contribution in [0.2, 0.25) is 0 Å². The van der Waals surface area contributed by atoms with Crippen molar-refractivity contribution in [1.82, 2.24) is 0 Å². The quantitative estimate of drug-likeness (QED) is 0.647. The highest BCUT2D eigenvalue weighted by molar-refractivity contribution is 6.22. The van der Waals surface area contributed by atoms with Crippen molar-refractivity contribution >= 4 is 23.3 Å². The highest BCUT2D eigenvalue weighted by Gasteiger charge is 2.27. The highest BCUT2D eigenvalue weighted by atomic mass is 19.1. The molecule has 106 valence electrons. The highest BCUT2D eigenvalue weighted by Crippen LogP contribution is 2.38. The van der Waals surface area contributed by atoms with Gasteiger partial charge in [-0.25, -0.2) is 14.2 Å². The minimum absolute atomic E-state index is 0.180. The summed E-state index contributed by atoms with van der Waals surface area (Å²) < 4.78 is 18.2. The van der Waals surface area contributed by atoms with Crippen LogP contribution in [0, 0.1) is 5.82 Å². The van der Waals surface area contributed by atoms with Gasteiger partial charge in [0.15, 0.2) is 5.78 Å². The Kier molecular flexibility index (Phi) is 2.56. The first-order valence-corrected chi connectivity index (χ1v) is 6.59. The zero-order valence-electron chi connectivity index (χ0n) is 11.2. The average Bonchev–Trinajstić information content (AvgIpc) is 3.02. The second-order valence-electron chi connectivity index (χ2n) is 4.95. The van der Waals surface area contributed by atoms with Crippen molar-refractivity contribution in [1.29, 1.82) is 0 Å². The molecule has 1 aliphatic heterocycles. The number of carbonyl (C=O) groups excluding carboxylic acids is 2. The molecule has 4 rings (SSSR count). The zero-order chi connectivity index (χ0) is 15.3. The number of nitrogens with zero attached hydrogens (tertiary/aromatic N) is 1. The summed E-state index contributed by atoms with van der Waals surface area (Å²) in [5, 5.41) is 0. The Bertz CT molecular complexity index is 912. The number of fused-ring (bicyclic) bond motifs is 3. The van der Waals surface area contributed by atoms with Crippen LogP contribution in [0.15, 0.2) is 53.5 Å². The lowest BCUT2D eigenvalue weighted by Crippen LogP contribution is -1.99. The number of ketones is 1. The van der Waals surface area contributed by atoms with E-state index in [9.17, 15) is 14.0 Å². The molecule has 22 heavy (non-hydrogen) atoms. The molecule has 0 spiro atoms. The van der Waals surface area contributed by atoms with E-state index in [0.717, 1.165) is 5.56 Å². The Morgan fingerprint density at radius 2 is 1.59 bits per heavy atom. The van der Waals surface area contributed by atoms with Crippen molar-refractivity contribution in [3.05, 3.63) is 65.5 Å². The Morgan fingerprint density at radius 1 is 0.864 bits per heavy atom. The number of hydrogen-bond acceptors (Lipinski definition) is 4. The molecule has 0 saturated heterocycles. The molecule has 0 bridgehead atoms. The number of benzene rings is 2. The van der Waals surface area contributed by atoms with Crippen LogP contribution in [-0.2, 0) is 9.53 Å². The second-order valence-corrected chi connectivity index (χ2v) is 4.95. The molecule has 1 heterocycles. The minimum Gasteiger partial charge on any atom is -0.404 e. The normalized spacial score (nSPS) is 16.9. The van der Waals surface area contributed by atoms with E-state index in [1.54, 1.807) is 24.3 Å². The molecule has 1 aliphatic carbocycles. The predicted octanol–water partition coefficient (Wildman–Crippen LogP) is 3.18. The lowest BCUT2D eigenvalue weighted by molar-refractivity contribution is -0.129. The van der Waals surface area contributed by atoms with Crippen molar-refractivity contribution < 1.29 is 18.7 Å². The fraction of sp³-hybridized carbons (Fsp3) is 0. The zero-order valence-corrected chi connectivity index (χ0v) is 11.2. The van der Waals surface area contributed by atoms with Crippen molar-refractivity contribution in [2.24, 2.45) is 4.99 Å². The molecular formula is C17H8FNO3. The molecule has 0 atom stereocenters. The van der Waals surface area contributed by atoms with Crippen LogP contribution in [0.1, 0.15) is 15.9 Å². The van der Waals surface area contributed by atoms with E-state index in [1.807, 2.05) is 0 Å². The fourth-order valence-electron chi connectivity index (χ4n) is 2.61. The summed E-state index contributed by atoms with van der Waals surface area (Å²) in [6.45, 7) is 0. The second kappa shape index (κ2) is 4.46. The summed E-state index contributed by atoms with van der Waals surface area (Å²) in [5.74, 6) is -0.966.